The van der Waals surface area contributed by atoms with E-state index in [9.17, 15) is 52.7 Å². The lowest BCUT2D eigenvalue weighted by Gasteiger charge is -2.17. The van der Waals surface area contributed by atoms with Crippen LogP contribution in [0.5, 0.6) is 0 Å². The largest absolute Gasteiger partial charge is 0.417 e. The zero-order chi connectivity index (χ0) is 30.8. The Hall–Kier alpha value is -1.96. The third-order valence-corrected chi connectivity index (χ3v) is 8.39. The molecule has 40 heavy (non-hydrogen) atoms. The van der Waals surface area contributed by atoms with E-state index in [1.54, 1.807) is 0 Å². The number of Topliss-reactive ketones (excluding diaryl/α,β-unsaturated/α-hetero) is 1. The highest BCUT2D eigenvalue weighted by Gasteiger charge is 2.38. The normalized spacial score (nSPS) is 14.9. The van der Waals surface area contributed by atoms with Crippen molar-refractivity contribution in [1.82, 2.24) is 0 Å². The molecule has 2 aromatic rings. The highest BCUT2D eigenvalue weighted by atomic mass is 35.5. The molecule has 0 aliphatic heterocycles. The van der Waals surface area contributed by atoms with Gasteiger partial charge in [0.2, 0.25) is 6.43 Å². The van der Waals surface area contributed by atoms with Crippen LogP contribution in [0.15, 0.2) is 36.4 Å². The Kier molecular flexibility index (Phi) is 11.1. The van der Waals surface area contributed by atoms with Gasteiger partial charge in [0.05, 0.1) is 32.3 Å². The molecule has 0 N–H and O–H groups in total. The predicted octanol–water partition coefficient (Wildman–Crippen LogP) is 9.21. The second-order valence-electron chi connectivity index (χ2n) is 8.83. The molecule has 222 valence electrons. The maximum absolute atomic E-state index is 15.0. The van der Waals surface area contributed by atoms with Crippen LogP contribution in [-0.2, 0) is 16.0 Å². The molecule has 0 spiro atoms. The Morgan fingerprint density at radius 1 is 0.975 bits per heavy atom. The molecule has 2 atom stereocenters. The Morgan fingerprint density at radius 2 is 1.52 bits per heavy atom. The number of hydrogen-bond acceptors (Lipinski definition) is 3. The first-order chi connectivity index (χ1) is 18.1. The lowest BCUT2D eigenvalue weighted by atomic mass is 9.93. The third-order valence-electron chi connectivity index (χ3n) is 5.35. The zero-order valence-corrected chi connectivity index (χ0v) is 23.1. The molecule has 0 aromatic heterocycles. The van der Waals surface area contributed by atoms with Crippen LogP contribution in [0.1, 0.15) is 46.3 Å². The molecular weight excluding hydrogens is 646 g/mol. The van der Waals surface area contributed by atoms with Gasteiger partial charge in [-0.15, -0.1) is 0 Å². The number of halogens is 12. The second-order valence-corrected chi connectivity index (χ2v) is 12.1. The summed E-state index contributed by atoms with van der Waals surface area (Å²) in [6, 6.07) is 3.45. The van der Waals surface area contributed by atoms with Crippen LogP contribution in [0, 0.1) is 5.92 Å². The molecule has 0 aliphatic carbocycles. The highest BCUT2D eigenvalue weighted by molar-refractivity contribution is 7.91. The molecule has 0 fully saturated rings. The van der Waals surface area contributed by atoms with Crippen molar-refractivity contribution >= 4 is 56.3 Å². The van der Waals surface area contributed by atoms with Crippen molar-refractivity contribution in [1.29, 1.82) is 0 Å². The minimum absolute atomic E-state index is 0.160. The van der Waals surface area contributed by atoms with Crippen molar-refractivity contribution in [2.75, 3.05) is 11.5 Å². The zero-order valence-electron chi connectivity index (χ0n) is 20.0. The quantitative estimate of drug-likeness (QED) is 0.145. The fourth-order valence-electron chi connectivity index (χ4n) is 3.73. The van der Waals surface area contributed by atoms with Crippen LogP contribution in [-0.4, -0.2) is 38.3 Å². The average molecular weight is 664 g/mol. The van der Waals surface area contributed by atoms with Crippen LogP contribution in [0.3, 0.4) is 0 Å². The maximum atomic E-state index is 15.0. The molecule has 2 rings (SSSR count). The summed E-state index contributed by atoms with van der Waals surface area (Å²) < 4.78 is 144. The number of rotatable bonds is 10. The summed E-state index contributed by atoms with van der Waals surface area (Å²) in [5, 5.41) is -0.621. The topological polar surface area (TPSA) is 51.2 Å². The molecule has 0 aliphatic rings. The van der Waals surface area contributed by atoms with Gasteiger partial charge in [-0.3, -0.25) is 4.79 Å². The monoisotopic (exact) mass is 662 g/mol. The van der Waals surface area contributed by atoms with E-state index < -0.39 is 86.7 Å². The van der Waals surface area contributed by atoms with Crippen LogP contribution in [0.25, 0.3) is 5.83 Å². The second kappa shape index (κ2) is 12.9. The van der Waals surface area contributed by atoms with Crippen molar-refractivity contribution < 1.29 is 52.7 Å². The molecular formula is C24H18Cl3F9O3S. The number of carbonyl (C=O) groups excluding carboxylic acids is 1. The van der Waals surface area contributed by atoms with Crippen LogP contribution in [0.2, 0.25) is 15.1 Å². The molecule has 0 bridgehead atoms. The molecule has 0 radical (unpaired) electrons. The molecule has 3 nitrogen and oxygen atoms in total. The highest BCUT2D eigenvalue weighted by Crippen LogP contribution is 2.39. The summed E-state index contributed by atoms with van der Waals surface area (Å²) in [5.74, 6) is -9.37. The van der Waals surface area contributed by atoms with Gasteiger partial charge in [0, 0.05) is 17.5 Å². The summed E-state index contributed by atoms with van der Waals surface area (Å²) in [5.41, 5.74) is -3.77. The van der Waals surface area contributed by atoms with E-state index in [0.717, 1.165) is 19.1 Å². The van der Waals surface area contributed by atoms with E-state index in [1.165, 1.54) is 0 Å². The lowest BCUT2D eigenvalue weighted by molar-refractivity contribution is -0.138. The number of hydrogen-bond donors (Lipinski definition) is 0. The van der Waals surface area contributed by atoms with E-state index in [-0.39, 0.29) is 26.7 Å². The van der Waals surface area contributed by atoms with Crippen LogP contribution in [0.4, 0.5) is 39.5 Å². The third kappa shape index (κ3) is 9.56. The van der Waals surface area contributed by atoms with Gasteiger partial charge >= 0.3 is 12.4 Å². The summed E-state index contributed by atoms with van der Waals surface area (Å²) >= 11 is 17.4. The Morgan fingerprint density at radius 3 is 2.00 bits per heavy atom. The smallest absolute Gasteiger partial charge is 0.294 e. The van der Waals surface area contributed by atoms with E-state index in [4.69, 9.17) is 34.8 Å². The average Bonchev–Trinajstić information content (AvgIpc) is 2.77. The standard InChI is InChI=1S/C24H18Cl3F9O3S/c1-11(9-40(38,39)10-23(31,32)33)4-20(37)14-3-2-12(5-16(14)24(34,35)36)19(28)8-15(22(29)30)13-6-17(25)21(27)18(26)7-13/h2-3,5-8,11,15,22H,4,9-10H2,1H3/b19-8-/t11-,15?/m0/s1. The van der Waals surface area contributed by atoms with Gasteiger partial charge in [0.25, 0.3) is 0 Å². The fourth-order valence-corrected chi connectivity index (χ4v) is 5.95. The summed E-state index contributed by atoms with van der Waals surface area (Å²) in [7, 11) is -4.71. The van der Waals surface area contributed by atoms with Crippen LogP contribution < -0.4 is 0 Å². The molecule has 1 unspecified atom stereocenters. The Balaban J connectivity index is 2.42. The van der Waals surface area contributed by atoms with Crippen molar-refractivity contribution in [2.24, 2.45) is 5.92 Å². The number of sulfone groups is 1. The number of allylic oxidation sites excluding steroid dienone is 1. The van der Waals surface area contributed by atoms with Gasteiger partial charge in [0.1, 0.15) is 11.6 Å². The minimum atomic E-state index is -5.24. The van der Waals surface area contributed by atoms with Gasteiger partial charge < -0.3 is 0 Å². The van der Waals surface area contributed by atoms with Crippen molar-refractivity contribution in [3.05, 3.63) is 73.7 Å². The number of carbonyl (C=O) groups is 1. The van der Waals surface area contributed by atoms with Gasteiger partial charge in [-0.1, -0.05) is 53.9 Å². The minimum Gasteiger partial charge on any atom is -0.294 e. The van der Waals surface area contributed by atoms with E-state index >= 15 is 0 Å². The van der Waals surface area contributed by atoms with Gasteiger partial charge in [-0.2, -0.15) is 26.3 Å². The first kappa shape index (κ1) is 34.2. The van der Waals surface area contributed by atoms with Gasteiger partial charge in [0.15, 0.2) is 15.6 Å². The number of ketones is 1. The number of alkyl halides is 8. The van der Waals surface area contributed by atoms with Crippen molar-refractivity contribution in [2.45, 2.75) is 38.0 Å². The van der Waals surface area contributed by atoms with Crippen LogP contribution >= 0.6 is 34.8 Å². The Bertz CT molecular complexity index is 1370. The molecule has 0 heterocycles. The summed E-state index contributed by atoms with van der Waals surface area (Å²) in [6.45, 7) is 1.07. The van der Waals surface area contributed by atoms with Gasteiger partial charge in [-0.25, -0.2) is 21.6 Å². The maximum Gasteiger partial charge on any atom is 0.417 e. The number of benzene rings is 2. The molecule has 2 aromatic carbocycles. The molecule has 0 amide bonds. The van der Waals surface area contributed by atoms with E-state index in [2.05, 4.69) is 0 Å². The first-order valence-electron chi connectivity index (χ1n) is 10.9. The van der Waals surface area contributed by atoms with Crippen molar-refractivity contribution in [3.8, 4) is 0 Å². The first-order valence-corrected chi connectivity index (χ1v) is 13.9. The fraction of sp³-hybridized carbons (Fsp3) is 0.375. The van der Waals surface area contributed by atoms with Gasteiger partial charge in [-0.05, 0) is 35.8 Å². The molecule has 0 saturated carbocycles. The summed E-state index contributed by atoms with van der Waals surface area (Å²) in [6.07, 6.45) is -14.1. The molecule has 0 saturated heterocycles. The van der Waals surface area contributed by atoms with E-state index in [1.807, 2.05) is 0 Å². The Labute approximate surface area is 237 Å². The van der Waals surface area contributed by atoms with E-state index in [0.29, 0.717) is 18.2 Å². The molecule has 16 heteroatoms. The lowest BCUT2D eigenvalue weighted by Crippen LogP contribution is -2.28. The summed E-state index contributed by atoms with van der Waals surface area (Å²) in [4.78, 5) is 12.6. The predicted molar refractivity (Wildman–Crippen MR) is 134 cm³/mol. The SMILES string of the molecule is C[C@@H](CC(=O)c1ccc(/C(F)=C/C(c2cc(Cl)c(Cl)c(Cl)c2)C(F)F)cc1C(F)(F)F)CS(=O)(=O)CC(F)(F)F. The van der Waals surface area contributed by atoms with Crippen molar-refractivity contribution in [3.63, 3.8) is 0 Å².